The van der Waals surface area contributed by atoms with Crippen LogP contribution in [0.4, 0.5) is 0 Å². The Balaban J connectivity index is 2.99. The van der Waals surface area contributed by atoms with Gasteiger partial charge < -0.3 is 10.0 Å². The number of amides is 1. The molecule has 0 aliphatic carbocycles. The third-order valence-electron chi connectivity index (χ3n) is 3.66. The van der Waals surface area contributed by atoms with E-state index in [0.717, 1.165) is 16.7 Å². The van der Waals surface area contributed by atoms with Crippen LogP contribution < -0.4 is 0 Å². The molecule has 0 spiro atoms. The van der Waals surface area contributed by atoms with Gasteiger partial charge in [0.2, 0.25) is 5.91 Å². The van der Waals surface area contributed by atoms with Gasteiger partial charge in [0, 0.05) is 6.54 Å². The van der Waals surface area contributed by atoms with Gasteiger partial charge in [-0.25, -0.2) is 4.79 Å². The van der Waals surface area contributed by atoms with E-state index in [9.17, 15) is 14.7 Å². The molecule has 4 heteroatoms. The fourth-order valence-electron chi connectivity index (χ4n) is 2.25. The molecule has 1 aromatic carbocycles. The maximum atomic E-state index is 12.4. The Bertz CT molecular complexity index is 520. The lowest BCUT2D eigenvalue weighted by atomic mass is 9.99. The molecule has 0 aliphatic heterocycles. The summed E-state index contributed by atoms with van der Waals surface area (Å²) < 4.78 is 0. The van der Waals surface area contributed by atoms with E-state index in [-0.39, 0.29) is 12.3 Å². The summed E-state index contributed by atoms with van der Waals surface area (Å²) in [5, 5.41) is 9.26. The second-order valence-corrected chi connectivity index (χ2v) is 5.61. The van der Waals surface area contributed by atoms with Gasteiger partial charge >= 0.3 is 5.97 Å². The van der Waals surface area contributed by atoms with E-state index in [1.807, 2.05) is 32.0 Å². The van der Waals surface area contributed by atoms with Crippen LogP contribution in [-0.2, 0) is 16.0 Å². The van der Waals surface area contributed by atoms with Gasteiger partial charge in [-0.05, 0) is 45.7 Å². The van der Waals surface area contributed by atoms with Crippen LogP contribution in [0.15, 0.2) is 18.2 Å². The Morgan fingerprint density at radius 1 is 1.25 bits per heavy atom. The smallest absolute Gasteiger partial charge is 0.329 e. The molecular weight excluding hydrogens is 254 g/mol. The number of likely N-dealkylation sites (N-methyl/N-ethyl adjacent to an activating group) is 1. The van der Waals surface area contributed by atoms with E-state index < -0.39 is 11.5 Å². The van der Waals surface area contributed by atoms with Gasteiger partial charge in [0.1, 0.15) is 5.54 Å². The van der Waals surface area contributed by atoms with Crippen LogP contribution in [0.1, 0.15) is 37.5 Å². The summed E-state index contributed by atoms with van der Waals surface area (Å²) in [6.07, 6.45) is 0.234. The van der Waals surface area contributed by atoms with Gasteiger partial charge in [0.15, 0.2) is 0 Å². The van der Waals surface area contributed by atoms with Gasteiger partial charge in [0.05, 0.1) is 6.42 Å². The lowest BCUT2D eigenvalue weighted by Gasteiger charge is -2.34. The zero-order valence-corrected chi connectivity index (χ0v) is 12.9. The number of aryl methyl sites for hydroxylation is 2. The molecule has 0 heterocycles. The predicted octanol–water partition coefficient (Wildman–Crippen LogP) is 2.56. The predicted molar refractivity (Wildman–Crippen MR) is 78.7 cm³/mol. The first-order chi connectivity index (χ1) is 9.20. The van der Waals surface area contributed by atoms with Crippen LogP contribution in [0.25, 0.3) is 0 Å². The largest absolute Gasteiger partial charge is 0.480 e. The Hall–Kier alpha value is -1.84. The molecule has 110 valence electrons. The molecule has 1 amide bonds. The lowest BCUT2D eigenvalue weighted by Crippen LogP contribution is -2.53. The maximum absolute atomic E-state index is 12.4. The standard InChI is InChI=1S/C16H23NO3/c1-6-17(16(4,5)15(19)20)14(18)10-13-9-11(2)7-8-12(13)3/h7-9H,6,10H2,1-5H3,(H,19,20). The van der Waals surface area contributed by atoms with Crippen molar-refractivity contribution in [3.05, 3.63) is 34.9 Å². The molecule has 1 rings (SSSR count). The highest BCUT2D eigenvalue weighted by Gasteiger charge is 2.36. The van der Waals surface area contributed by atoms with Crippen molar-refractivity contribution in [3.63, 3.8) is 0 Å². The van der Waals surface area contributed by atoms with E-state index >= 15 is 0 Å². The van der Waals surface area contributed by atoms with E-state index in [0.29, 0.717) is 6.54 Å². The van der Waals surface area contributed by atoms with Gasteiger partial charge in [-0.15, -0.1) is 0 Å². The van der Waals surface area contributed by atoms with Crippen molar-refractivity contribution in [2.24, 2.45) is 0 Å². The molecule has 0 fully saturated rings. The van der Waals surface area contributed by atoms with E-state index in [4.69, 9.17) is 0 Å². The van der Waals surface area contributed by atoms with E-state index in [2.05, 4.69) is 0 Å². The highest BCUT2D eigenvalue weighted by molar-refractivity contribution is 5.87. The second kappa shape index (κ2) is 6.07. The van der Waals surface area contributed by atoms with Crippen molar-refractivity contribution in [1.82, 2.24) is 4.90 Å². The molecule has 0 saturated heterocycles. The molecule has 4 nitrogen and oxygen atoms in total. The average Bonchev–Trinajstić information content (AvgIpc) is 2.34. The highest BCUT2D eigenvalue weighted by Crippen LogP contribution is 2.18. The molecule has 0 aliphatic rings. The quantitative estimate of drug-likeness (QED) is 0.900. The SMILES string of the molecule is CCN(C(=O)Cc1cc(C)ccc1C)C(C)(C)C(=O)O. The van der Waals surface area contributed by atoms with Gasteiger partial charge in [-0.2, -0.15) is 0 Å². The molecule has 1 aromatic rings. The van der Waals surface area contributed by atoms with Crippen molar-refractivity contribution < 1.29 is 14.7 Å². The number of carboxylic acid groups (broad SMARTS) is 1. The zero-order chi connectivity index (χ0) is 15.5. The van der Waals surface area contributed by atoms with Gasteiger partial charge in [0.25, 0.3) is 0 Å². The fraction of sp³-hybridized carbons (Fsp3) is 0.500. The molecule has 0 atom stereocenters. The Kier molecular flexibility index (Phi) is 4.93. The first-order valence-corrected chi connectivity index (χ1v) is 6.80. The van der Waals surface area contributed by atoms with Crippen molar-refractivity contribution in [1.29, 1.82) is 0 Å². The number of carbonyl (C=O) groups is 2. The van der Waals surface area contributed by atoms with Crippen LogP contribution in [0, 0.1) is 13.8 Å². The first-order valence-electron chi connectivity index (χ1n) is 6.80. The molecule has 20 heavy (non-hydrogen) atoms. The second-order valence-electron chi connectivity index (χ2n) is 5.61. The summed E-state index contributed by atoms with van der Waals surface area (Å²) in [6, 6.07) is 5.97. The van der Waals surface area contributed by atoms with E-state index in [1.54, 1.807) is 20.8 Å². The van der Waals surface area contributed by atoms with Crippen LogP contribution >= 0.6 is 0 Å². The number of nitrogens with zero attached hydrogens (tertiary/aromatic N) is 1. The van der Waals surface area contributed by atoms with Crippen LogP contribution in [0.5, 0.6) is 0 Å². The first kappa shape index (κ1) is 16.2. The summed E-state index contributed by atoms with van der Waals surface area (Å²) >= 11 is 0. The summed E-state index contributed by atoms with van der Waals surface area (Å²) in [5.74, 6) is -1.15. The van der Waals surface area contributed by atoms with Gasteiger partial charge in [-0.3, -0.25) is 4.79 Å². The molecule has 0 radical (unpaired) electrons. The van der Waals surface area contributed by atoms with Crippen molar-refractivity contribution in [2.45, 2.75) is 46.6 Å². The summed E-state index contributed by atoms with van der Waals surface area (Å²) in [7, 11) is 0. The minimum atomic E-state index is -1.19. The molecule has 0 saturated carbocycles. The zero-order valence-electron chi connectivity index (χ0n) is 12.9. The number of carboxylic acids is 1. The summed E-state index contributed by atoms with van der Waals surface area (Å²) in [6.45, 7) is 9.22. The fourth-order valence-corrected chi connectivity index (χ4v) is 2.25. The minimum absolute atomic E-state index is 0.159. The number of rotatable bonds is 5. The number of hydrogen-bond acceptors (Lipinski definition) is 2. The summed E-state index contributed by atoms with van der Waals surface area (Å²) in [4.78, 5) is 25.1. The third-order valence-corrected chi connectivity index (χ3v) is 3.66. The average molecular weight is 277 g/mol. The van der Waals surface area contributed by atoms with Crippen molar-refractivity contribution in [2.75, 3.05) is 6.54 Å². The number of aliphatic carboxylic acids is 1. The summed E-state index contributed by atoms with van der Waals surface area (Å²) in [5.41, 5.74) is 1.91. The molecule has 0 unspecified atom stereocenters. The van der Waals surface area contributed by atoms with Crippen molar-refractivity contribution in [3.8, 4) is 0 Å². The van der Waals surface area contributed by atoms with Gasteiger partial charge in [-0.1, -0.05) is 23.8 Å². The number of benzene rings is 1. The number of carbonyl (C=O) groups excluding carboxylic acids is 1. The molecule has 0 aromatic heterocycles. The lowest BCUT2D eigenvalue weighted by molar-refractivity contribution is -0.156. The topological polar surface area (TPSA) is 57.6 Å². The Morgan fingerprint density at radius 2 is 1.85 bits per heavy atom. The molecule has 0 bridgehead atoms. The monoisotopic (exact) mass is 277 g/mol. The normalized spacial score (nSPS) is 11.2. The molecular formula is C16H23NO3. The van der Waals surface area contributed by atoms with Crippen LogP contribution in [0.3, 0.4) is 0 Å². The van der Waals surface area contributed by atoms with Crippen LogP contribution in [0.2, 0.25) is 0 Å². The van der Waals surface area contributed by atoms with Crippen LogP contribution in [-0.4, -0.2) is 34.0 Å². The number of hydrogen-bond donors (Lipinski definition) is 1. The van der Waals surface area contributed by atoms with E-state index in [1.165, 1.54) is 4.90 Å². The third kappa shape index (κ3) is 3.38. The van der Waals surface area contributed by atoms with Crippen molar-refractivity contribution >= 4 is 11.9 Å². The minimum Gasteiger partial charge on any atom is -0.480 e. The Morgan fingerprint density at radius 3 is 2.35 bits per heavy atom. The molecule has 1 N–H and O–H groups in total. The maximum Gasteiger partial charge on any atom is 0.329 e. The Labute approximate surface area is 120 Å². The highest BCUT2D eigenvalue weighted by atomic mass is 16.4.